The van der Waals surface area contributed by atoms with Gasteiger partial charge in [0.15, 0.2) is 0 Å². The molecule has 0 aromatic heterocycles. The van der Waals surface area contributed by atoms with Crippen LogP contribution in [0.3, 0.4) is 0 Å². The van der Waals surface area contributed by atoms with E-state index in [0.29, 0.717) is 36.0 Å². The van der Waals surface area contributed by atoms with E-state index in [-0.39, 0.29) is 24.2 Å². The topological polar surface area (TPSA) is 61.4 Å². The van der Waals surface area contributed by atoms with Crippen LogP contribution in [0, 0.1) is 5.92 Å². The molecule has 5 nitrogen and oxygen atoms in total. The summed E-state index contributed by atoms with van der Waals surface area (Å²) in [6, 6.07) is 6.86. The van der Waals surface area contributed by atoms with Gasteiger partial charge in [-0.3, -0.25) is 9.59 Å². The minimum atomic E-state index is -0.430. The summed E-state index contributed by atoms with van der Waals surface area (Å²) in [6.07, 6.45) is 3.13. The number of nitrogens with one attached hydrogen (secondary N) is 2. The van der Waals surface area contributed by atoms with Crippen molar-refractivity contribution in [1.29, 1.82) is 0 Å². The first-order chi connectivity index (χ1) is 11.1. The quantitative estimate of drug-likeness (QED) is 0.834. The van der Waals surface area contributed by atoms with E-state index in [4.69, 9.17) is 11.6 Å². The Bertz CT molecular complexity index is 591. The second-order valence-corrected chi connectivity index (χ2v) is 6.65. The van der Waals surface area contributed by atoms with E-state index in [1.807, 2.05) is 18.2 Å². The first-order valence-corrected chi connectivity index (χ1v) is 8.59. The van der Waals surface area contributed by atoms with Crippen molar-refractivity contribution in [2.75, 3.05) is 24.5 Å². The molecule has 1 aromatic carbocycles. The molecule has 2 amide bonds. The number of rotatable bonds is 5. The van der Waals surface area contributed by atoms with Crippen LogP contribution in [-0.4, -0.2) is 37.5 Å². The van der Waals surface area contributed by atoms with Gasteiger partial charge in [0.2, 0.25) is 11.8 Å². The molecule has 24 heavy (non-hydrogen) atoms. The Morgan fingerprint density at radius 2 is 2.12 bits per heavy atom. The fourth-order valence-corrected chi connectivity index (χ4v) is 3.52. The summed E-state index contributed by atoms with van der Waals surface area (Å²) in [4.78, 5) is 26.2. The molecule has 7 heteroatoms. The monoisotopic (exact) mass is 371 g/mol. The van der Waals surface area contributed by atoms with E-state index in [9.17, 15) is 9.59 Å². The molecule has 2 atom stereocenters. The fourth-order valence-electron chi connectivity index (χ4n) is 3.29. The van der Waals surface area contributed by atoms with Crippen molar-refractivity contribution in [3.05, 3.63) is 29.3 Å². The van der Waals surface area contributed by atoms with Gasteiger partial charge in [-0.2, -0.15) is 0 Å². The molecular weight excluding hydrogens is 349 g/mol. The van der Waals surface area contributed by atoms with Gasteiger partial charge in [-0.15, -0.1) is 12.4 Å². The van der Waals surface area contributed by atoms with Crippen LogP contribution >= 0.6 is 24.0 Å². The van der Waals surface area contributed by atoms with Gasteiger partial charge in [-0.05, 0) is 50.4 Å². The molecule has 2 unspecified atom stereocenters. The second-order valence-electron chi connectivity index (χ2n) is 6.25. The van der Waals surface area contributed by atoms with Crippen LogP contribution in [0.15, 0.2) is 24.3 Å². The number of amides is 2. The number of nitrogens with zero attached hydrogens (tertiary/aromatic N) is 1. The summed E-state index contributed by atoms with van der Waals surface area (Å²) in [7, 11) is 0. The van der Waals surface area contributed by atoms with Crippen LogP contribution in [0.4, 0.5) is 5.69 Å². The standard InChI is InChI=1S/C17H22ClN3O2.ClH/c18-13-3-1-2-4-15(13)21-10-8-14(17(21)23)20-16(22)6-5-12-7-9-19-11-12;/h1-4,12,14,19H,5-11H2,(H,20,22);1H. The predicted octanol–water partition coefficient (Wildman–Crippen LogP) is 2.37. The van der Waals surface area contributed by atoms with E-state index in [1.165, 1.54) is 0 Å². The Hall–Kier alpha value is -1.30. The van der Waals surface area contributed by atoms with Gasteiger partial charge in [0.05, 0.1) is 10.7 Å². The molecular formula is C17H23Cl2N3O2. The van der Waals surface area contributed by atoms with Gasteiger partial charge in [-0.25, -0.2) is 0 Å². The minimum Gasteiger partial charge on any atom is -0.344 e. The number of benzene rings is 1. The predicted molar refractivity (Wildman–Crippen MR) is 97.8 cm³/mol. The van der Waals surface area contributed by atoms with Gasteiger partial charge in [-0.1, -0.05) is 23.7 Å². The molecule has 2 aliphatic rings. The third-order valence-corrected chi connectivity index (χ3v) is 4.95. The van der Waals surface area contributed by atoms with E-state index in [2.05, 4.69) is 10.6 Å². The molecule has 0 radical (unpaired) electrons. The lowest BCUT2D eigenvalue weighted by molar-refractivity contribution is -0.126. The summed E-state index contributed by atoms with van der Waals surface area (Å²) < 4.78 is 0. The number of hydrogen-bond acceptors (Lipinski definition) is 3. The lowest BCUT2D eigenvalue weighted by Gasteiger charge is -2.18. The number of carbonyl (C=O) groups is 2. The Labute approximate surface area is 153 Å². The highest BCUT2D eigenvalue weighted by atomic mass is 35.5. The minimum absolute atomic E-state index is 0. The highest BCUT2D eigenvalue weighted by molar-refractivity contribution is 6.34. The smallest absolute Gasteiger partial charge is 0.249 e. The molecule has 132 valence electrons. The number of halogens is 2. The maximum Gasteiger partial charge on any atom is 0.249 e. The molecule has 2 fully saturated rings. The first kappa shape index (κ1) is 19.0. The summed E-state index contributed by atoms with van der Waals surface area (Å²) >= 11 is 6.16. The number of anilines is 1. The molecule has 2 saturated heterocycles. The highest BCUT2D eigenvalue weighted by Gasteiger charge is 2.34. The number of para-hydroxylation sites is 1. The normalized spacial score (nSPS) is 23.2. The number of carbonyl (C=O) groups excluding carboxylic acids is 2. The van der Waals surface area contributed by atoms with Crippen LogP contribution in [0.2, 0.25) is 5.02 Å². The third kappa shape index (κ3) is 4.41. The zero-order chi connectivity index (χ0) is 16.2. The lowest BCUT2D eigenvalue weighted by Crippen LogP contribution is -2.41. The van der Waals surface area contributed by atoms with Crippen molar-refractivity contribution in [2.45, 2.75) is 31.7 Å². The van der Waals surface area contributed by atoms with Crippen molar-refractivity contribution in [1.82, 2.24) is 10.6 Å². The summed E-state index contributed by atoms with van der Waals surface area (Å²) in [6.45, 7) is 2.62. The summed E-state index contributed by atoms with van der Waals surface area (Å²) in [5, 5.41) is 6.74. The van der Waals surface area contributed by atoms with Crippen molar-refractivity contribution < 1.29 is 9.59 Å². The van der Waals surface area contributed by atoms with E-state index >= 15 is 0 Å². The largest absolute Gasteiger partial charge is 0.344 e. The van der Waals surface area contributed by atoms with Crippen LogP contribution in [-0.2, 0) is 9.59 Å². The van der Waals surface area contributed by atoms with Crippen molar-refractivity contribution >= 4 is 41.5 Å². The molecule has 2 N–H and O–H groups in total. The molecule has 1 aromatic rings. The van der Waals surface area contributed by atoms with Crippen molar-refractivity contribution in [3.63, 3.8) is 0 Å². The zero-order valence-electron chi connectivity index (χ0n) is 13.5. The zero-order valence-corrected chi connectivity index (χ0v) is 15.0. The van der Waals surface area contributed by atoms with Gasteiger partial charge in [0, 0.05) is 13.0 Å². The lowest BCUT2D eigenvalue weighted by atomic mass is 10.0. The van der Waals surface area contributed by atoms with Crippen LogP contribution in [0.5, 0.6) is 0 Å². The maximum atomic E-state index is 12.5. The van der Waals surface area contributed by atoms with Crippen molar-refractivity contribution in [2.24, 2.45) is 5.92 Å². The summed E-state index contributed by atoms with van der Waals surface area (Å²) in [5.74, 6) is 0.477. The molecule has 2 heterocycles. The Morgan fingerprint density at radius 1 is 1.33 bits per heavy atom. The molecule has 2 aliphatic heterocycles. The molecule has 0 bridgehead atoms. The van der Waals surface area contributed by atoms with E-state index in [0.717, 1.165) is 25.9 Å². The average molecular weight is 372 g/mol. The maximum absolute atomic E-state index is 12.5. The molecule has 0 saturated carbocycles. The molecule has 0 spiro atoms. The Morgan fingerprint density at radius 3 is 2.83 bits per heavy atom. The summed E-state index contributed by atoms with van der Waals surface area (Å²) in [5.41, 5.74) is 0.716. The molecule has 0 aliphatic carbocycles. The van der Waals surface area contributed by atoms with Gasteiger partial charge in [0.1, 0.15) is 6.04 Å². The SMILES string of the molecule is Cl.O=C(CCC1CCNC1)NC1CCN(c2ccccc2Cl)C1=O. The second kappa shape index (κ2) is 8.70. The Balaban J connectivity index is 0.00000208. The van der Waals surface area contributed by atoms with Crippen LogP contribution in [0.1, 0.15) is 25.7 Å². The van der Waals surface area contributed by atoms with Gasteiger partial charge >= 0.3 is 0 Å². The fraction of sp³-hybridized carbons (Fsp3) is 0.529. The van der Waals surface area contributed by atoms with Crippen LogP contribution < -0.4 is 15.5 Å². The van der Waals surface area contributed by atoms with Gasteiger partial charge in [0.25, 0.3) is 0 Å². The average Bonchev–Trinajstić information content (AvgIpc) is 3.17. The third-order valence-electron chi connectivity index (χ3n) is 4.63. The Kier molecular flexibility index (Phi) is 6.90. The van der Waals surface area contributed by atoms with E-state index in [1.54, 1.807) is 11.0 Å². The van der Waals surface area contributed by atoms with Crippen LogP contribution in [0.25, 0.3) is 0 Å². The molecule has 3 rings (SSSR count). The van der Waals surface area contributed by atoms with Gasteiger partial charge < -0.3 is 15.5 Å². The number of hydrogen-bond donors (Lipinski definition) is 2. The highest BCUT2D eigenvalue weighted by Crippen LogP contribution is 2.29. The first-order valence-electron chi connectivity index (χ1n) is 8.21. The van der Waals surface area contributed by atoms with Crippen molar-refractivity contribution in [3.8, 4) is 0 Å². The van der Waals surface area contributed by atoms with E-state index < -0.39 is 6.04 Å².